The first-order valence-corrected chi connectivity index (χ1v) is 4.73. The molecule has 1 unspecified atom stereocenters. The lowest BCUT2D eigenvalue weighted by atomic mass is 10.1. The van der Waals surface area contributed by atoms with Crippen LogP contribution in [0.1, 0.15) is 12.0 Å². The van der Waals surface area contributed by atoms with E-state index in [1.165, 1.54) is 5.56 Å². The molecule has 0 heterocycles. The van der Waals surface area contributed by atoms with Crippen molar-refractivity contribution in [3.05, 3.63) is 35.9 Å². The molecule has 0 aliphatic rings. The molecule has 0 fully saturated rings. The Morgan fingerprint density at radius 3 is 2.54 bits per heavy atom. The van der Waals surface area contributed by atoms with Crippen molar-refractivity contribution in [3.8, 4) is 0 Å². The van der Waals surface area contributed by atoms with Crippen molar-refractivity contribution in [1.29, 1.82) is 0 Å². The number of benzene rings is 1. The Bertz CT molecular complexity index is 274. The van der Waals surface area contributed by atoms with Crippen LogP contribution in [-0.4, -0.2) is 11.2 Å². The Morgan fingerprint density at radius 2 is 2.00 bits per heavy atom. The summed E-state index contributed by atoms with van der Waals surface area (Å²) in [4.78, 5) is 10.7. The van der Waals surface area contributed by atoms with Crippen LogP contribution < -0.4 is 5.73 Å². The van der Waals surface area contributed by atoms with Gasteiger partial charge < -0.3 is 5.73 Å². The van der Waals surface area contributed by atoms with E-state index >= 15 is 0 Å². The van der Waals surface area contributed by atoms with E-state index in [0.717, 1.165) is 6.42 Å². The standard InChI is InChI=1S/C10H13NOS/c11-10(12)9(13)7-6-8-4-2-1-3-5-8/h1-5,9,13H,6-7H2,(H2,11,12). The number of thiol groups is 1. The predicted molar refractivity (Wildman–Crippen MR) is 56.7 cm³/mol. The maximum absolute atomic E-state index is 10.7. The van der Waals surface area contributed by atoms with Gasteiger partial charge in [0.25, 0.3) is 0 Å². The maximum atomic E-state index is 10.7. The summed E-state index contributed by atoms with van der Waals surface area (Å²) in [5, 5.41) is -0.333. The fourth-order valence-electron chi connectivity index (χ4n) is 1.09. The minimum absolute atomic E-state index is 0.333. The smallest absolute Gasteiger partial charge is 0.230 e. The number of carbonyl (C=O) groups excluding carboxylic acids is 1. The fraction of sp³-hybridized carbons (Fsp3) is 0.300. The molecule has 0 aliphatic heterocycles. The highest BCUT2D eigenvalue weighted by Crippen LogP contribution is 2.08. The summed E-state index contributed by atoms with van der Waals surface area (Å²) in [6.07, 6.45) is 1.54. The first-order chi connectivity index (χ1) is 6.20. The van der Waals surface area contributed by atoms with Crippen molar-refractivity contribution in [1.82, 2.24) is 0 Å². The van der Waals surface area contributed by atoms with Gasteiger partial charge in [-0.05, 0) is 18.4 Å². The lowest BCUT2D eigenvalue weighted by Crippen LogP contribution is -2.24. The number of carbonyl (C=O) groups is 1. The molecule has 1 aromatic rings. The van der Waals surface area contributed by atoms with E-state index in [4.69, 9.17) is 5.73 Å². The van der Waals surface area contributed by atoms with Crippen LogP contribution in [-0.2, 0) is 11.2 Å². The van der Waals surface area contributed by atoms with E-state index < -0.39 is 0 Å². The zero-order valence-corrected chi connectivity index (χ0v) is 8.21. The largest absolute Gasteiger partial charge is 0.369 e. The number of amides is 1. The Hall–Kier alpha value is -0.960. The third kappa shape index (κ3) is 3.51. The predicted octanol–water partition coefficient (Wildman–Crippen LogP) is 1.40. The number of hydrogen-bond acceptors (Lipinski definition) is 2. The summed E-state index contributed by atoms with van der Waals surface area (Å²) >= 11 is 4.08. The molecule has 0 saturated heterocycles. The SMILES string of the molecule is NC(=O)C(S)CCc1ccccc1. The molecule has 0 radical (unpaired) electrons. The normalized spacial score (nSPS) is 12.4. The molecule has 70 valence electrons. The highest BCUT2D eigenvalue weighted by atomic mass is 32.1. The zero-order chi connectivity index (χ0) is 9.68. The van der Waals surface area contributed by atoms with Crippen molar-refractivity contribution in [2.45, 2.75) is 18.1 Å². The third-order valence-electron chi connectivity index (χ3n) is 1.88. The molecule has 0 spiro atoms. The maximum Gasteiger partial charge on any atom is 0.230 e. The van der Waals surface area contributed by atoms with Crippen molar-refractivity contribution >= 4 is 18.5 Å². The van der Waals surface area contributed by atoms with Crippen LogP contribution in [0.15, 0.2) is 30.3 Å². The summed E-state index contributed by atoms with van der Waals surface area (Å²) in [5.41, 5.74) is 6.30. The first-order valence-electron chi connectivity index (χ1n) is 4.21. The quantitative estimate of drug-likeness (QED) is 0.701. The number of nitrogens with two attached hydrogens (primary N) is 1. The second-order valence-corrected chi connectivity index (χ2v) is 3.57. The van der Waals surface area contributed by atoms with Gasteiger partial charge in [-0.3, -0.25) is 4.79 Å². The van der Waals surface area contributed by atoms with E-state index in [1.807, 2.05) is 30.3 Å². The highest BCUT2D eigenvalue weighted by molar-refractivity contribution is 7.81. The average molecular weight is 195 g/mol. The van der Waals surface area contributed by atoms with Gasteiger partial charge in [0.05, 0.1) is 5.25 Å². The molecule has 0 aromatic heterocycles. The van der Waals surface area contributed by atoms with Gasteiger partial charge in [-0.1, -0.05) is 30.3 Å². The van der Waals surface area contributed by atoms with Crippen LogP contribution in [0.4, 0.5) is 0 Å². The fourth-order valence-corrected chi connectivity index (χ4v) is 1.22. The topological polar surface area (TPSA) is 43.1 Å². The van der Waals surface area contributed by atoms with Gasteiger partial charge in [0, 0.05) is 0 Å². The van der Waals surface area contributed by atoms with Crippen molar-refractivity contribution < 1.29 is 4.79 Å². The molecule has 13 heavy (non-hydrogen) atoms. The van der Waals surface area contributed by atoms with Crippen LogP contribution in [0.3, 0.4) is 0 Å². The van der Waals surface area contributed by atoms with Gasteiger partial charge in [0.2, 0.25) is 5.91 Å². The summed E-state index contributed by atoms with van der Waals surface area (Å²) in [5.74, 6) is -0.348. The molecule has 0 bridgehead atoms. The van der Waals surface area contributed by atoms with Crippen LogP contribution in [0, 0.1) is 0 Å². The van der Waals surface area contributed by atoms with Crippen molar-refractivity contribution in [3.63, 3.8) is 0 Å². The second kappa shape index (κ2) is 4.92. The molecule has 1 aromatic carbocycles. The monoisotopic (exact) mass is 195 g/mol. The van der Waals surface area contributed by atoms with Gasteiger partial charge in [0.1, 0.15) is 0 Å². The number of hydrogen-bond donors (Lipinski definition) is 2. The van der Waals surface area contributed by atoms with E-state index in [1.54, 1.807) is 0 Å². The molecular weight excluding hydrogens is 182 g/mol. The summed E-state index contributed by atoms with van der Waals surface area (Å²) in [6.45, 7) is 0. The molecule has 2 nitrogen and oxygen atoms in total. The number of primary amides is 1. The molecule has 1 atom stereocenters. The third-order valence-corrected chi connectivity index (χ3v) is 2.39. The molecule has 3 heteroatoms. The van der Waals surface area contributed by atoms with Gasteiger partial charge in [-0.2, -0.15) is 12.6 Å². The summed E-state index contributed by atoms with van der Waals surface area (Å²) < 4.78 is 0. The number of aryl methyl sites for hydroxylation is 1. The van der Waals surface area contributed by atoms with Crippen LogP contribution in [0.2, 0.25) is 0 Å². The van der Waals surface area contributed by atoms with Gasteiger partial charge >= 0.3 is 0 Å². The second-order valence-electron chi connectivity index (χ2n) is 2.94. The number of rotatable bonds is 4. The van der Waals surface area contributed by atoms with E-state index in [2.05, 4.69) is 12.6 Å². The molecular formula is C10H13NOS. The minimum Gasteiger partial charge on any atom is -0.369 e. The van der Waals surface area contributed by atoms with Crippen LogP contribution in [0.25, 0.3) is 0 Å². The summed E-state index contributed by atoms with van der Waals surface area (Å²) in [6, 6.07) is 9.99. The van der Waals surface area contributed by atoms with Gasteiger partial charge in [-0.25, -0.2) is 0 Å². The van der Waals surface area contributed by atoms with E-state index in [9.17, 15) is 4.79 Å². The first kappa shape index (κ1) is 10.1. The Morgan fingerprint density at radius 1 is 1.38 bits per heavy atom. The van der Waals surface area contributed by atoms with Gasteiger partial charge in [-0.15, -0.1) is 0 Å². The molecule has 1 rings (SSSR count). The van der Waals surface area contributed by atoms with Gasteiger partial charge in [0.15, 0.2) is 0 Å². The zero-order valence-electron chi connectivity index (χ0n) is 7.31. The Kier molecular flexibility index (Phi) is 3.83. The molecule has 0 aliphatic carbocycles. The average Bonchev–Trinajstić information content (AvgIpc) is 2.15. The van der Waals surface area contributed by atoms with Crippen molar-refractivity contribution in [2.75, 3.05) is 0 Å². The molecule has 1 amide bonds. The Labute approximate surface area is 83.5 Å². The van der Waals surface area contributed by atoms with Crippen LogP contribution in [0.5, 0.6) is 0 Å². The van der Waals surface area contributed by atoms with E-state index in [0.29, 0.717) is 6.42 Å². The van der Waals surface area contributed by atoms with E-state index in [-0.39, 0.29) is 11.2 Å². The highest BCUT2D eigenvalue weighted by Gasteiger charge is 2.08. The lowest BCUT2D eigenvalue weighted by molar-refractivity contribution is -0.117. The molecule has 0 saturated carbocycles. The molecule has 2 N–H and O–H groups in total. The Balaban J connectivity index is 2.39. The lowest BCUT2D eigenvalue weighted by Gasteiger charge is -2.05. The minimum atomic E-state index is -0.348. The van der Waals surface area contributed by atoms with Crippen LogP contribution >= 0.6 is 12.6 Å². The summed E-state index contributed by atoms with van der Waals surface area (Å²) in [7, 11) is 0. The van der Waals surface area contributed by atoms with Crippen molar-refractivity contribution in [2.24, 2.45) is 5.73 Å².